The molecule has 2 heteroatoms. The van der Waals surface area contributed by atoms with E-state index in [0.717, 1.165) is 30.6 Å². The van der Waals surface area contributed by atoms with Crippen LogP contribution in [0.3, 0.4) is 0 Å². The number of carbonyl (C=O) groups is 1. The highest BCUT2D eigenvalue weighted by molar-refractivity contribution is 5.94. The molecule has 0 unspecified atom stereocenters. The fraction of sp³-hybridized carbons (Fsp3) is 0.893. The third-order valence-corrected chi connectivity index (χ3v) is 10.4. The zero-order chi connectivity index (χ0) is 21.7. The van der Waals surface area contributed by atoms with Crippen LogP contribution in [0.4, 0.5) is 0 Å². The second-order valence-corrected chi connectivity index (χ2v) is 12.4. The molecular weight excluding hydrogens is 368 g/mol. The fourth-order valence-electron chi connectivity index (χ4n) is 8.59. The van der Waals surface area contributed by atoms with Crippen molar-refractivity contribution in [1.82, 2.24) is 0 Å². The van der Waals surface area contributed by atoms with Gasteiger partial charge in [0.15, 0.2) is 5.78 Å². The van der Waals surface area contributed by atoms with Crippen LogP contribution in [0.5, 0.6) is 0 Å². The number of fused-ring (bicyclic) bond motifs is 5. The summed E-state index contributed by atoms with van der Waals surface area (Å²) in [4.78, 5) is 13.5. The Morgan fingerprint density at radius 1 is 1.03 bits per heavy atom. The van der Waals surface area contributed by atoms with Crippen molar-refractivity contribution in [2.75, 3.05) is 7.11 Å². The van der Waals surface area contributed by atoms with Crippen molar-refractivity contribution in [3.8, 4) is 0 Å². The number of ether oxygens (including phenoxy) is 1. The molecule has 0 spiro atoms. The van der Waals surface area contributed by atoms with Gasteiger partial charge in [0.05, 0.1) is 6.10 Å². The lowest BCUT2D eigenvalue weighted by atomic mass is 9.46. The first-order valence-corrected chi connectivity index (χ1v) is 13.0. The SMILES string of the molecule is CO[C@H]1CC[C@@]2(C)C(=CC(=O)[C@@H]3[C@H]4CC[C@@H]([C@H](C)CCCC(C)C)[C@@]4(C)CC[C@H]32)C1. The molecule has 170 valence electrons. The van der Waals surface area contributed by atoms with Crippen molar-refractivity contribution in [2.45, 2.75) is 105 Å². The summed E-state index contributed by atoms with van der Waals surface area (Å²) in [7, 11) is 1.83. The Bertz CT molecular complexity index is 678. The summed E-state index contributed by atoms with van der Waals surface area (Å²) < 4.78 is 5.68. The van der Waals surface area contributed by atoms with Gasteiger partial charge in [0.1, 0.15) is 0 Å². The Morgan fingerprint density at radius 2 is 1.80 bits per heavy atom. The average Bonchev–Trinajstić information content (AvgIpc) is 3.05. The van der Waals surface area contributed by atoms with Crippen LogP contribution in [0.2, 0.25) is 0 Å². The maximum atomic E-state index is 13.5. The highest BCUT2D eigenvalue weighted by atomic mass is 16.5. The maximum absolute atomic E-state index is 13.5. The van der Waals surface area contributed by atoms with E-state index in [0.29, 0.717) is 29.1 Å². The summed E-state index contributed by atoms with van der Waals surface area (Å²) in [6.07, 6.45) is 15.0. The van der Waals surface area contributed by atoms with Crippen molar-refractivity contribution in [2.24, 2.45) is 46.3 Å². The topological polar surface area (TPSA) is 26.3 Å². The Labute approximate surface area is 185 Å². The zero-order valence-corrected chi connectivity index (χ0v) is 20.5. The number of methoxy groups -OCH3 is 1. The van der Waals surface area contributed by atoms with E-state index in [1.54, 1.807) is 0 Å². The van der Waals surface area contributed by atoms with Crippen LogP contribution in [0.1, 0.15) is 98.8 Å². The van der Waals surface area contributed by atoms with E-state index < -0.39 is 0 Å². The summed E-state index contributed by atoms with van der Waals surface area (Å²) in [5, 5.41) is 0. The largest absolute Gasteiger partial charge is 0.381 e. The van der Waals surface area contributed by atoms with Gasteiger partial charge in [-0.05, 0) is 91.4 Å². The van der Waals surface area contributed by atoms with Gasteiger partial charge in [0.25, 0.3) is 0 Å². The van der Waals surface area contributed by atoms with E-state index in [-0.39, 0.29) is 11.3 Å². The first kappa shape index (κ1) is 22.6. The van der Waals surface area contributed by atoms with Crippen LogP contribution < -0.4 is 0 Å². The highest BCUT2D eigenvalue weighted by Crippen LogP contribution is 2.66. The van der Waals surface area contributed by atoms with E-state index in [4.69, 9.17) is 4.74 Å². The standard InChI is InChI=1S/C28H46O2/c1-18(2)8-7-9-19(3)22-10-11-23-26-24(13-15-28(22,23)5)27(4)14-12-21(30-6)16-20(27)17-25(26)29/h17-19,21-24,26H,7-16H2,1-6H3/t19-,21+,22+,23-,24-,26-,27+,28-/m1/s1. The molecule has 2 nitrogen and oxygen atoms in total. The monoisotopic (exact) mass is 414 g/mol. The molecule has 3 fully saturated rings. The summed E-state index contributed by atoms with van der Waals surface area (Å²) in [5.41, 5.74) is 2.02. The quantitative estimate of drug-likeness (QED) is 0.458. The molecule has 0 bridgehead atoms. The molecule has 0 saturated heterocycles. The minimum atomic E-state index is 0.232. The zero-order valence-electron chi connectivity index (χ0n) is 20.5. The van der Waals surface area contributed by atoms with Gasteiger partial charge >= 0.3 is 0 Å². The molecule has 0 radical (unpaired) electrons. The summed E-state index contributed by atoms with van der Waals surface area (Å²) >= 11 is 0. The number of allylic oxidation sites excluding steroid dienone is 1. The van der Waals surface area contributed by atoms with E-state index in [2.05, 4.69) is 40.7 Å². The molecule has 0 amide bonds. The lowest BCUT2D eigenvalue weighted by Gasteiger charge is -2.57. The number of rotatable bonds is 6. The Morgan fingerprint density at radius 3 is 2.50 bits per heavy atom. The number of hydrogen-bond acceptors (Lipinski definition) is 2. The summed E-state index contributed by atoms with van der Waals surface area (Å²) in [6.45, 7) is 12.3. The van der Waals surface area contributed by atoms with Gasteiger partial charge in [-0.15, -0.1) is 0 Å². The van der Waals surface area contributed by atoms with Crippen molar-refractivity contribution >= 4 is 5.78 Å². The van der Waals surface area contributed by atoms with Crippen molar-refractivity contribution in [3.63, 3.8) is 0 Å². The smallest absolute Gasteiger partial charge is 0.159 e. The molecule has 0 aromatic heterocycles. The Kier molecular flexibility index (Phi) is 6.30. The lowest BCUT2D eigenvalue weighted by molar-refractivity contribution is -0.135. The minimum absolute atomic E-state index is 0.232. The van der Waals surface area contributed by atoms with Gasteiger partial charge in [-0.1, -0.05) is 59.5 Å². The first-order valence-electron chi connectivity index (χ1n) is 13.0. The van der Waals surface area contributed by atoms with Crippen molar-refractivity contribution in [1.29, 1.82) is 0 Å². The van der Waals surface area contributed by atoms with Crippen molar-refractivity contribution in [3.05, 3.63) is 11.6 Å². The Hall–Kier alpha value is -0.630. The van der Waals surface area contributed by atoms with Crippen LogP contribution in [0.15, 0.2) is 11.6 Å². The van der Waals surface area contributed by atoms with Crippen LogP contribution in [0.25, 0.3) is 0 Å². The molecule has 3 saturated carbocycles. The molecule has 4 aliphatic carbocycles. The van der Waals surface area contributed by atoms with Gasteiger partial charge in [0, 0.05) is 13.0 Å². The van der Waals surface area contributed by atoms with E-state index >= 15 is 0 Å². The van der Waals surface area contributed by atoms with Crippen LogP contribution in [-0.4, -0.2) is 19.0 Å². The van der Waals surface area contributed by atoms with Gasteiger partial charge in [0.2, 0.25) is 0 Å². The fourth-order valence-corrected chi connectivity index (χ4v) is 8.59. The lowest BCUT2D eigenvalue weighted by Crippen LogP contribution is -2.53. The number of hydrogen-bond donors (Lipinski definition) is 0. The molecule has 4 aliphatic rings. The molecular formula is C28H46O2. The molecule has 0 heterocycles. The van der Waals surface area contributed by atoms with Crippen LogP contribution >= 0.6 is 0 Å². The third-order valence-electron chi connectivity index (χ3n) is 10.4. The van der Waals surface area contributed by atoms with Crippen molar-refractivity contribution < 1.29 is 9.53 Å². The third kappa shape index (κ3) is 3.63. The average molecular weight is 415 g/mol. The van der Waals surface area contributed by atoms with E-state index in [1.807, 2.05) is 7.11 Å². The number of ketones is 1. The van der Waals surface area contributed by atoms with Crippen LogP contribution in [0, 0.1) is 46.3 Å². The predicted molar refractivity (Wildman–Crippen MR) is 124 cm³/mol. The second-order valence-electron chi connectivity index (χ2n) is 12.4. The number of carbonyl (C=O) groups excluding carboxylic acids is 1. The molecule has 4 rings (SSSR count). The van der Waals surface area contributed by atoms with Gasteiger partial charge in [-0.3, -0.25) is 4.79 Å². The highest BCUT2D eigenvalue weighted by Gasteiger charge is 2.61. The minimum Gasteiger partial charge on any atom is -0.381 e. The molecule has 0 N–H and O–H groups in total. The van der Waals surface area contributed by atoms with E-state index in [1.165, 1.54) is 56.9 Å². The first-order chi connectivity index (χ1) is 14.2. The second kappa shape index (κ2) is 8.38. The van der Waals surface area contributed by atoms with Gasteiger partial charge in [-0.2, -0.15) is 0 Å². The van der Waals surface area contributed by atoms with E-state index in [9.17, 15) is 4.79 Å². The molecule has 30 heavy (non-hydrogen) atoms. The maximum Gasteiger partial charge on any atom is 0.159 e. The molecule has 8 atom stereocenters. The summed E-state index contributed by atoms with van der Waals surface area (Å²) in [6, 6.07) is 0. The normalized spacial score (nSPS) is 44.3. The Balaban J connectivity index is 1.54. The molecule has 0 aromatic carbocycles. The summed E-state index contributed by atoms with van der Waals surface area (Å²) in [5.74, 6) is 4.35. The van der Waals surface area contributed by atoms with Gasteiger partial charge < -0.3 is 4.74 Å². The molecule has 0 aliphatic heterocycles. The van der Waals surface area contributed by atoms with Crippen LogP contribution in [-0.2, 0) is 9.53 Å². The van der Waals surface area contributed by atoms with Gasteiger partial charge in [-0.25, -0.2) is 0 Å². The predicted octanol–water partition coefficient (Wildman–Crippen LogP) is 7.22. The molecule has 0 aromatic rings.